The number of piperazine rings is 1. The molecule has 1 saturated heterocycles. The van der Waals surface area contributed by atoms with Crippen LogP contribution in [0.1, 0.15) is 67.9 Å². The normalized spacial score (nSPS) is 18.0. The second-order valence-electron chi connectivity index (χ2n) is 11.6. The highest BCUT2D eigenvalue weighted by Gasteiger charge is 2.37. The van der Waals surface area contributed by atoms with Crippen LogP contribution in [0.25, 0.3) is 11.6 Å². The molecule has 0 radical (unpaired) electrons. The second-order valence-corrected chi connectivity index (χ2v) is 12.0. The molecule has 3 aromatic rings. The average Bonchev–Trinajstić information content (AvgIpc) is 3.30. The largest absolute Gasteiger partial charge is 0.447 e. The number of benzene rings is 1. The van der Waals surface area contributed by atoms with E-state index in [-0.39, 0.29) is 18.2 Å². The number of fused-ring (bicyclic) bond motifs is 2. The highest BCUT2D eigenvalue weighted by molar-refractivity contribution is 6.30. The maximum Gasteiger partial charge on any atom is 0.410 e. The molecule has 0 saturated carbocycles. The number of ether oxygens (including phenoxy) is 1. The fourth-order valence-corrected chi connectivity index (χ4v) is 5.67. The van der Waals surface area contributed by atoms with Gasteiger partial charge in [-0.25, -0.2) is 9.78 Å². The number of hydrogen-bond donors (Lipinski definition) is 2. The van der Waals surface area contributed by atoms with E-state index in [1.807, 2.05) is 61.9 Å². The van der Waals surface area contributed by atoms with Gasteiger partial charge in [-0.05, 0) is 74.2 Å². The molecule has 2 N–H and O–H groups in total. The van der Waals surface area contributed by atoms with Crippen molar-refractivity contribution < 1.29 is 19.4 Å². The minimum absolute atomic E-state index is 0.182. The Labute approximate surface area is 251 Å². The number of pyridine rings is 1. The first-order chi connectivity index (χ1) is 19.9. The lowest BCUT2D eigenvalue weighted by atomic mass is 9.89. The summed E-state index contributed by atoms with van der Waals surface area (Å²) in [6, 6.07) is 8.81. The molecular weight excluding hydrogens is 556 g/mol. The van der Waals surface area contributed by atoms with Crippen molar-refractivity contribution in [3.05, 3.63) is 82.2 Å². The van der Waals surface area contributed by atoms with Gasteiger partial charge < -0.3 is 24.6 Å². The maximum atomic E-state index is 13.2. The molecule has 222 valence electrons. The monoisotopic (exact) mass is 592 g/mol. The van der Waals surface area contributed by atoms with Crippen LogP contribution < -0.4 is 5.32 Å². The van der Waals surface area contributed by atoms with Crippen molar-refractivity contribution in [2.24, 2.45) is 7.05 Å². The molecule has 1 aromatic carbocycles. The molecule has 10 nitrogen and oxygen atoms in total. The van der Waals surface area contributed by atoms with Crippen LogP contribution >= 0.6 is 11.6 Å². The molecule has 42 heavy (non-hydrogen) atoms. The second kappa shape index (κ2) is 11.9. The molecule has 0 bridgehead atoms. The van der Waals surface area contributed by atoms with Crippen molar-refractivity contribution in [2.45, 2.75) is 51.5 Å². The van der Waals surface area contributed by atoms with Crippen LogP contribution in [0.15, 0.2) is 49.1 Å². The third-order valence-electron chi connectivity index (χ3n) is 7.63. The van der Waals surface area contributed by atoms with E-state index in [2.05, 4.69) is 15.2 Å². The van der Waals surface area contributed by atoms with Gasteiger partial charge in [-0.15, -0.1) is 0 Å². The smallest absolute Gasteiger partial charge is 0.410 e. The Balaban J connectivity index is 1.61. The molecule has 5 rings (SSSR count). The Morgan fingerprint density at radius 3 is 2.55 bits per heavy atom. The molecule has 2 atom stereocenters. The zero-order valence-corrected chi connectivity index (χ0v) is 25.3. The zero-order valence-electron chi connectivity index (χ0n) is 24.5. The van der Waals surface area contributed by atoms with Gasteiger partial charge in [0.25, 0.3) is 5.91 Å². The van der Waals surface area contributed by atoms with Crippen molar-refractivity contribution in [1.29, 1.82) is 0 Å². The number of aromatic nitrogens is 3. The maximum absolute atomic E-state index is 13.2. The summed E-state index contributed by atoms with van der Waals surface area (Å²) < 4.78 is 7.28. The summed E-state index contributed by atoms with van der Waals surface area (Å²) in [5, 5.41) is 14.2. The SMILES string of the molecule is CC(C)OC(=O)N1CCN([C@H]2c3ccc(Cl)cc3C([C@@H](NC(=O)C(C)(C)O)c3cncn3C)=Cc3cccnc32)CC1. The number of hydrogen-bond acceptors (Lipinski definition) is 7. The van der Waals surface area contributed by atoms with E-state index in [1.54, 1.807) is 23.6 Å². The van der Waals surface area contributed by atoms with E-state index < -0.39 is 17.6 Å². The van der Waals surface area contributed by atoms with Gasteiger partial charge in [0.2, 0.25) is 0 Å². The third kappa shape index (κ3) is 6.06. The minimum atomic E-state index is -1.60. The summed E-state index contributed by atoms with van der Waals surface area (Å²) in [6.07, 6.45) is 6.72. The summed E-state index contributed by atoms with van der Waals surface area (Å²) in [6.45, 7) is 8.88. The van der Waals surface area contributed by atoms with Gasteiger partial charge in [0.1, 0.15) is 5.60 Å². The number of nitrogens with zero attached hydrogens (tertiary/aromatic N) is 5. The van der Waals surface area contributed by atoms with Crippen molar-refractivity contribution in [2.75, 3.05) is 26.2 Å². The summed E-state index contributed by atoms with van der Waals surface area (Å²) in [4.78, 5) is 39.0. The van der Waals surface area contributed by atoms with Gasteiger partial charge in [0, 0.05) is 44.4 Å². The fraction of sp³-hybridized carbons (Fsp3) is 0.419. The number of carbonyl (C=O) groups is 2. The molecule has 2 aromatic heterocycles. The lowest BCUT2D eigenvalue weighted by Crippen LogP contribution is -2.50. The first-order valence-corrected chi connectivity index (χ1v) is 14.5. The predicted molar refractivity (Wildman–Crippen MR) is 161 cm³/mol. The van der Waals surface area contributed by atoms with Crippen LogP contribution in [0.2, 0.25) is 5.02 Å². The van der Waals surface area contributed by atoms with Crippen molar-refractivity contribution in [1.82, 2.24) is 29.7 Å². The average molecular weight is 593 g/mol. The van der Waals surface area contributed by atoms with E-state index in [0.717, 1.165) is 33.7 Å². The Morgan fingerprint density at radius 2 is 1.90 bits per heavy atom. The molecule has 0 unspecified atom stereocenters. The van der Waals surface area contributed by atoms with Crippen LogP contribution in [-0.4, -0.2) is 79.3 Å². The van der Waals surface area contributed by atoms with Gasteiger partial charge in [0.15, 0.2) is 0 Å². The van der Waals surface area contributed by atoms with Crippen molar-refractivity contribution in [3.63, 3.8) is 0 Å². The highest BCUT2D eigenvalue weighted by Crippen LogP contribution is 2.44. The molecule has 1 aliphatic carbocycles. The number of aliphatic hydroxyl groups is 1. The van der Waals surface area contributed by atoms with E-state index >= 15 is 0 Å². The van der Waals surface area contributed by atoms with Gasteiger partial charge in [-0.2, -0.15) is 0 Å². The number of amides is 2. The lowest BCUT2D eigenvalue weighted by molar-refractivity contribution is -0.136. The summed E-state index contributed by atoms with van der Waals surface area (Å²) in [5.41, 5.74) is 3.54. The van der Waals surface area contributed by atoms with Crippen LogP contribution in [-0.2, 0) is 16.6 Å². The molecule has 0 spiro atoms. The van der Waals surface area contributed by atoms with E-state index in [1.165, 1.54) is 13.8 Å². The van der Waals surface area contributed by atoms with Gasteiger partial charge >= 0.3 is 6.09 Å². The van der Waals surface area contributed by atoms with Crippen molar-refractivity contribution >= 4 is 35.3 Å². The lowest BCUT2D eigenvalue weighted by Gasteiger charge is -2.39. The molecule has 11 heteroatoms. The number of rotatable bonds is 6. The Kier molecular flexibility index (Phi) is 8.41. The van der Waals surface area contributed by atoms with Gasteiger partial charge in [-0.3, -0.25) is 14.7 Å². The van der Waals surface area contributed by atoms with Crippen LogP contribution in [0.4, 0.5) is 4.79 Å². The predicted octanol–water partition coefficient (Wildman–Crippen LogP) is 4.20. The summed E-state index contributed by atoms with van der Waals surface area (Å²) >= 11 is 6.62. The Bertz CT molecular complexity index is 1500. The standard InChI is InChI=1S/C31H37ClN6O4/c1-19(2)42-30(40)38-13-11-37(12-14-38)28-22-9-8-21(32)16-23(22)24(15-20-7-6-10-34-26(20)28)27(25-17-33-18-36(25)5)35-29(39)31(3,4)41/h6-10,15-19,27-28,41H,11-14H2,1-5H3,(H,35,39)/t27-,28+/m1/s1. The van der Waals surface area contributed by atoms with Crippen LogP contribution in [0.3, 0.4) is 0 Å². The topological polar surface area (TPSA) is 113 Å². The summed E-state index contributed by atoms with van der Waals surface area (Å²) in [5.74, 6) is -0.519. The first-order valence-electron chi connectivity index (χ1n) is 14.1. The zero-order chi connectivity index (χ0) is 30.2. The highest BCUT2D eigenvalue weighted by atomic mass is 35.5. The van der Waals surface area contributed by atoms with Crippen molar-refractivity contribution in [3.8, 4) is 0 Å². The molecule has 3 heterocycles. The number of aryl methyl sites for hydroxylation is 1. The van der Waals surface area contributed by atoms with Gasteiger partial charge in [-0.1, -0.05) is 23.7 Å². The number of nitrogens with one attached hydrogen (secondary N) is 1. The molecule has 2 aliphatic rings. The molecule has 2 amide bonds. The fourth-order valence-electron chi connectivity index (χ4n) is 5.50. The Morgan fingerprint density at radius 1 is 1.17 bits per heavy atom. The number of imidazole rings is 1. The third-order valence-corrected chi connectivity index (χ3v) is 7.86. The van der Waals surface area contributed by atoms with Crippen LogP contribution in [0.5, 0.6) is 0 Å². The number of halogens is 1. The van der Waals surface area contributed by atoms with E-state index in [0.29, 0.717) is 31.2 Å². The number of carbonyl (C=O) groups excluding carboxylic acids is 2. The molecule has 1 fully saturated rings. The van der Waals surface area contributed by atoms with Crippen LogP contribution in [0, 0.1) is 0 Å². The molecule has 1 aliphatic heterocycles. The minimum Gasteiger partial charge on any atom is -0.447 e. The van der Waals surface area contributed by atoms with E-state index in [9.17, 15) is 14.7 Å². The molecular formula is C31H37ClN6O4. The van der Waals surface area contributed by atoms with Gasteiger partial charge in [0.05, 0.1) is 42.1 Å². The Hall–Kier alpha value is -3.73. The van der Waals surface area contributed by atoms with E-state index in [4.69, 9.17) is 21.3 Å². The quantitative estimate of drug-likeness (QED) is 0.441. The summed E-state index contributed by atoms with van der Waals surface area (Å²) in [7, 11) is 1.86. The first kappa shape index (κ1) is 29.8.